The summed E-state index contributed by atoms with van der Waals surface area (Å²) in [6.45, 7) is 2.04. The molecule has 1 fully saturated rings. The molecular formula is C34H29Cl2N3O2S. The smallest absolute Gasteiger partial charge is 0.229 e. The van der Waals surface area contributed by atoms with E-state index < -0.39 is 10.8 Å². The molecule has 0 spiro atoms. The number of carbonyl (C=O) groups excluding carboxylic acids is 2. The Morgan fingerprint density at radius 3 is 2.45 bits per heavy atom. The molecule has 0 saturated carbocycles. The molecule has 1 aliphatic heterocycles. The number of benzene rings is 3. The van der Waals surface area contributed by atoms with E-state index in [1.54, 1.807) is 23.2 Å². The lowest BCUT2D eigenvalue weighted by molar-refractivity contribution is -0.123. The van der Waals surface area contributed by atoms with Gasteiger partial charge in [0.05, 0.1) is 12.5 Å². The van der Waals surface area contributed by atoms with Gasteiger partial charge in [-0.2, -0.15) is 0 Å². The highest BCUT2D eigenvalue weighted by molar-refractivity contribution is 8.01. The van der Waals surface area contributed by atoms with E-state index in [-0.39, 0.29) is 24.5 Å². The Hall–Kier alpha value is -3.58. The van der Waals surface area contributed by atoms with Gasteiger partial charge in [-0.05, 0) is 74.0 Å². The minimum atomic E-state index is -1.10. The number of thioether (sulfide) groups is 1. The molecule has 2 atom stereocenters. The van der Waals surface area contributed by atoms with Crippen LogP contribution < -0.4 is 4.90 Å². The third kappa shape index (κ3) is 5.35. The van der Waals surface area contributed by atoms with Gasteiger partial charge in [0.2, 0.25) is 5.91 Å². The second-order valence-corrected chi connectivity index (χ2v) is 13.0. The van der Waals surface area contributed by atoms with Crippen molar-refractivity contribution < 1.29 is 9.59 Å². The number of hydrogen-bond donors (Lipinski definition) is 0. The lowest BCUT2D eigenvalue weighted by Crippen LogP contribution is -2.42. The molecule has 1 amide bonds. The van der Waals surface area contributed by atoms with E-state index in [1.807, 2.05) is 97.5 Å². The van der Waals surface area contributed by atoms with E-state index in [9.17, 15) is 9.59 Å². The first-order chi connectivity index (χ1) is 20.2. The minimum Gasteiger partial charge on any atom is -0.350 e. The van der Waals surface area contributed by atoms with Crippen LogP contribution in [-0.4, -0.2) is 26.0 Å². The van der Waals surface area contributed by atoms with Crippen LogP contribution in [0, 0.1) is 6.92 Å². The third-order valence-corrected chi connectivity index (χ3v) is 9.85. The van der Waals surface area contributed by atoms with Crippen molar-refractivity contribution >= 4 is 63.2 Å². The maximum absolute atomic E-state index is 14.7. The molecule has 0 unspecified atom stereocenters. The summed E-state index contributed by atoms with van der Waals surface area (Å²) in [4.78, 5) is 36.0. The van der Waals surface area contributed by atoms with Crippen LogP contribution in [0.15, 0.2) is 102 Å². The fourth-order valence-corrected chi connectivity index (χ4v) is 7.61. The highest BCUT2D eigenvalue weighted by Crippen LogP contribution is 2.56. The number of ketones is 1. The molecule has 42 heavy (non-hydrogen) atoms. The van der Waals surface area contributed by atoms with Gasteiger partial charge in [0.1, 0.15) is 4.75 Å². The summed E-state index contributed by atoms with van der Waals surface area (Å²) in [6, 6.07) is 26.3. The van der Waals surface area contributed by atoms with Crippen molar-refractivity contribution in [1.82, 2.24) is 9.55 Å². The lowest BCUT2D eigenvalue weighted by Gasteiger charge is -2.36. The Morgan fingerprint density at radius 2 is 1.74 bits per heavy atom. The fourth-order valence-electron chi connectivity index (χ4n) is 5.87. The fraction of sp³-hybridized carbons (Fsp3) is 0.206. The standard InChI is InChI=1S/C34H29Cl2N3O2S/c1-22-6-14-27(15-7-22)42-34(31(40)17-11-25-5-3-4-18-37-25)20-32(41)39(26-12-8-23(35)9-13-26)33(34)29-21-38(2)30-19-24(36)10-16-28(29)30/h3-10,12-16,18-19,21,33H,11,17,20H2,1-2H3/t33-,34+/m0/s1. The molecule has 8 heteroatoms. The summed E-state index contributed by atoms with van der Waals surface area (Å²) in [5.74, 6) is -0.0985. The number of hydrogen-bond acceptors (Lipinski definition) is 4. The zero-order valence-corrected chi connectivity index (χ0v) is 25.6. The molecule has 0 N–H and O–H groups in total. The number of anilines is 1. The van der Waals surface area contributed by atoms with E-state index in [2.05, 4.69) is 4.98 Å². The SMILES string of the molecule is Cc1ccc(S[C@@]2(C(=O)CCc3ccccn3)CC(=O)N(c3ccc(Cl)cc3)[C@H]2c2cn(C)c3cc(Cl)ccc23)cc1. The molecule has 0 radical (unpaired) electrons. The molecule has 2 aromatic heterocycles. The molecule has 3 aromatic carbocycles. The van der Waals surface area contributed by atoms with Gasteiger partial charge < -0.3 is 9.47 Å². The molecule has 3 heterocycles. The van der Waals surface area contributed by atoms with E-state index in [1.165, 1.54) is 11.8 Å². The number of halogens is 2. The molecule has 0 bridgehead atoms. The van der Waals surface area contributed by atoms with Gasteiger partial charge >= 0.3 is 0 Å². The van der Waals surface area contributed by atoms with Gasteiger partial charge in [-0.15, -0.1) is 11.8 Å². The Labute approximate surface area is 259 Å². The number of aromatic nitrogens is 2. The molecule has 1 aliphatic rings. The predicted octanol–water partition coefficient (Wildman–Crippen LogP) is 8.40. The lowest BCUT2D eigenvalue weighted by atomic mass is 9.86. The second kappa shape index (κ2) is 11.6. The number of Topliss-reactive ketones (excluding diaryl/α,β-unsaturated/α-hetero) is 1. The van der Waals surface area contributed by atoms with E-state index in [0.717, 1.165) is 32.6 Å². The summed E-state index contributed by atoms with van der Waals surface area (Å²) >= 11 is 14.1. The van der Waals surface area contributed by atoms with Crippen LogP contribution in [0.1, 0.15) is 35.7 Å². The second-order valence-electron chi connectivity index (χ2n) is 10.7. The summed E-state index contributed by atoms with van der Waals surface area (Å²) in [7, 11) is 1.96. The number of aryl methyl sites for hydroxylation is 3. The third-order valence-electron chi connectivity index (χ3n) is 7.89. The summed E-state index contributed by atoms with van der Waals surface area (Å²) in [6.07, 6.45) is 4.57. The van der Waals surface area contributed by atoms with E-state index in [4.69, 9.17) is 23.2 Å². The Morgan fingerprint density at radius 1 is 1.00 bits per heavy atom. The zero-order valence-electron chi connectivity index (χ0n) is 23.3. The topological polar surface area (TPSA) is 55.2 Å². The monoisotopic (exact) mass is 613 g/mol. The van der Waals surface area contributed by atoms with Crippen molar-refractivity contribution in [2.75, 3.05) is 4.90 Å². The van der Waals surface area contributed by atoms with Gasteiger partial charge in [0, 0.05) is 68.7 Å². The van der Waals surface area contributed by atoms with Crippen molar-refractivity contribution in [1.29, 1.82) is 0 Å². The van der Waals surface area contributed by atoms with Crippen molar-refractivity contribution in [2.24, 2.45) is 7.05 Å². The van der Waals surface area contributed by atoms with E-state index in [0.29, 0.717) is 22.2 Å². The molecular weight excluding hydrogens is 585 g/mol. The van der Waals surface area contributed by atoms with Gasteiger partial charge in [0.25, 0.3) is 0 Å². The van der Waals surface area contributed by atoms with E-state index >= 15 is 0 Å². The van der Waals surface area contributed by atoms with Crippen molar-refractivity contribution in [2.45, 2.75) is 41.9 Å². The molecule has 212 valence electrons. The average Bonchev–Trinajstić information content (AvgIpc) is 3.46. The summed E-state index contributed by atoms with van der Waals surface area (Å²) < 4.78 is 0.910. The normalized spacial score (nSPS) is 18.6. The van der Waals surface area contributed by atoms with Crippen LogP contribution >= 0.6 is 35.0 Å². The molecule has 5 nitrogen and oxygen atoms in total. The summed E-state index contributed by atoms with van der Waals surface area (Å²) in [5, 5.41) is 2.15. The van der Waals surface area contributed by atoms with Crippen molar-refractivity contribution in [3.63, 3.8) is 0 Å². The maximum atomic E-state index is 14.7. The number of nitrogens with zero attached hydrogens (tertiary/aromatic N) is 3. The number of rotatable bonds is 8. The van der Waals surface area contributed by atoms with Gasteiger partial charge in [-0.3, -0.25) is 14.6 Å². The van der Waals surface area contributed by atoms with Crippen molar-refractivity contribution in [3.8, 4) is 0 Å². The van der Waals surface area contributed by atoms with Crippen LogP contribution in [-0.2, 0) is 23.1 Å². The minimum absolute atomic E-state index is 0.0134. The molecule has 0 aliphatic carbocycles. The molecule has 1 saturated heterocycles. The first kappa shape index (κ1) is 28.5. The molecule has 5 aromatic rings. The number of fused-ring (bicyclic) bond motifs is 1. The first-order valence-electron chi connectivity index (χ1n) is 13.8. The van der Waals surface area contributed by atoms with Crippen LogP contribution in [0.3, 0.4) is 0 Å². The summed E-state index contributed by atoms with van der Waals surface area (Å²) in [5.41, 5.74) is 4.50. The van der Waals surface area contributed by atoms with Gasteiger partial charge in [0.15, 0.2) is 5.78 Å². The van der Waals surface area contributed by atoms with Gasteiger partial charge in [-0.25, -0.2) is 0 Å². The maximum Gasteiger partial charge on any atom is 0.229 e. The Kier molecular flexibility index (Phi) is 7.88. The number of pyridine rings is 1. The average molecular weight is 615 g/mol. The Balaban J connectivity index is 1.55. The largest absolute Gasteiger partial charge is 0.350 e. The highest BCUT2D eigenvalue weighted by Gasteiger charge is 2.58. The zero-order chi connectivity index (χ0) is 29.4. The quantitative estimate of drug-likeness (QED) is 0.176. The first-order valence-corrected chi connectivity index (χ1v) is 15.3. The van der Waals surface area contributed by atoms with Crippen LogP contribution in [0.4, 0.5) is 5.69 Å². The van der Waals surface area contributed by atoms with Crippen LogP contribution in [0.2, 0.25) is 10.0 Å². The molecule has 6 rings (SSSR count). The number of amides is 1. The highest BCUT2D eigenvalue weighted by atomic mass is 35.5. The van der Waals surface area contributed by atoms with Crippen molar-refractivity contribution in [3.05, 3.63) is 124 Å². The number of carbonyl (C=O) groups is 2. The predicted molar refractivity (Wildman–Crippen MR) is 172 cm³/mol. The Bertz CT molecular complexity index is 1770. The van der Waals surface area contributed by atoms with Crippen LogP contribution in [0.25, 0.3) is 10.9 Å². The van der Waals surface area contributed by atoms with Gasteiger partial charge in [-0.1, -0.05) is 53.0 Å². The van der Waals surface area contributed by atoms with Crippen LogP contribution in [0.5, 0.6) is 0 Å².